The van der Waals surface area contributed by atoms with Gasteiger partial charge in [-0.15, -0.1) is 0 Å². The molecule has 0 bridgehead atoms. The van der Waals surface area contributed by atoms with Crippen LogP contribution in [0.4, 0.5) is 5.69 Å². The molecule has 0 N–H and O–H groups in total. The summed E-state index contributed by atoms with van der Waals surface area (Å²) in [5.41, 5.74) is 1.69. The highest BCUT2D eigenvalue weighted by Crippen LogP contribution is 2.36. The van der Waals surface area contributed by atoms with E-state index in [9.17, 15) is 9.59 Å². The van der Waals surface area contributed by atoms with Gasteiger partial charge >= 0.3 is 0 Å². The van der Waals surface area contributed by atoms with E-state index in [4.69, 9.17) is 4.74 Å². The number of imide groups is 1. The number of anilines is 1. The van der Waals surface area contributed by atoms with Crippen LogP contribution in [0.3, 0.4) is 0 Å². The van der Waals surface area contributed by atoms with Crippen LogP contribution in [0.25, 0.3) is 0 Å². The Morgan fingerprint density at radius 3 is 2.38 bits per heavy atom. The van der Waals surface area contributed by atoms with Crippen LogP contribution in [-0.4, -0.2) is 18.4 Å². The number of benzene rings is 2. The minimum absolute atomic E-state index is 0.00958. The molecule has 4 heteroatoms. The van der Waals surface area contributed by atoms with E-state index in [1.54, 1.807) is 24.3 Å². The topological polar surface area (TPSA) is 46.6 Å². The molecule has 2 aromatic carbocycles. The molecule has 1 saturated heterocycles. The first-order valence-electron chi connectivity index (χ1n) is 8.26. The lowest BCUT2D eigenvalue weighted by molar-refractivity contribution is -0.122. The first kappa shape index (κ1) is 16.2. The van der Waals surface area contributed by atoms with Crippen molar-refractivity contribution in [3.63, 3.8) is 0 Å². The number of nitrogens with zero attached hydrogens (tertiary/aromatic N) is 1. The summed E-state index contributed by atoms with van der Waals surface area (Å²) in [5, 5.41) is 0. The summed E-state index contributed by atoms with van der Waals surface area (Å²) in [6.07, 6.45) is 0.252. The number of hydrogen-bond acceptors (Lipinski definition) is 3. The average molecular weight is 323 g/mol. The lowest BCUT2D eigenvalue weighted by Crippen LogP contribution is -2.31. The molecule has 1 aliphatic heterocycles. The normalized spacial score (nSPS) is 18.8. The lowest BCUT2D eigenvalue weighted by Gasteiger charge is -2.19. The van der Waals surface area contributed by atoms with Crippen LogP contribution >= 0.6 is 0 Å². The number of amides is 2. The number of hydrogen-bond donors (Lipinski definition) is 0. The van der Waals surface area contributed by atoms with E-state index < -0.39 is 0 Å². The number of carbonyl (C=O) groups is 2. The Morgan fingerprint density at radius 2 is 1.75 bits per heavy atom. The van der Waals surface area contributed by atoms with E-state index in [-0.39, 0.29) is 30.1 Å². The summed E-state index contributed by atoms with van der Waals surface area (Å²) in [6, 6.07) is 17.0. The van der Waals surface area contributed by atoms with Crippen molar-refractivity contribution in [2.24, 2.45) is 5.92 Å². The number of rotatable bonds is 5. The fraction of sp³-hybridized carbons (Fsp3) is 0.300. The van der Waals surface area contributed by atoms with Gasteiger partial charge in [-0.1, -0.05) is 37.3 Å². The van der Waals surface area contributed by atoms with Crippen LogP contribution in [-0.2, 0) is 9.59 Å². The molecule has 1 heterocycles. The number of carbonyl (C=O) groups excluding carboxylic acids is 2. The molecule has 24 heavy (non-hydrogen) atoms. The Balaban J connectivity index is 1.81. The zero-order valence-electron chi connectivity index (χ0n) is 13.9. The Bertz CT molecular complexity index is 724. The van der Waals surface area contributed by atoms with Gasteiger partial charge in [0.15, 0.2) is 0 Å². The second-order valence-corrected chi connectivity index (χ2v) is 6.00. The average Bonchev–Trinajstić information content (AvgIpc) is 2.91. The fourth-order valence-electron chi connectivity index (χ4n) is 3.16. The van der Waals surface area contributed by atoms with Gasteiger partial charge in [-0.25, -0.2) is 0 Å². The van der Waals surface area contributed by atoms with E-state index in [1.807, 2.05) is 44.2 Å². The third-order valence-corrected chi connectivity index (χ3v) is 4.52. The Hall–Kier alpha value is -2.62. The molecule has 0 aromatic heterocycles. The maximum Gasteiger partial charge on any atom is 0.237 e. The third kappa shape index (κ3) is 3.04. The molecule has 124 valence electrons. The molecule has 4 nitrogen and oxygen atoms in total. The molecule has 3 rings (SSSR count). The quantitative estimate of drug-likeness (QED) is 0.787. The summed E-state index contributed by atoms with van der Waals surface area (Å²) >= 11 is 0. The van der Waals surface area contributed by atoms with Crippen molar-refractivity contribution >= 4 is 17.5 Å². The van der Waals surface area contributed by atoms with Crippen LogP contribution in [0.2, 0.25) is 0 Å². The molecule has 2 atom stereocenters. The van der Waals surface area contributed by atoms with Gasteiger partial charge in [-0.05, 0) is 42.7 Å². The smallest absolute Gasteiger partial charge is 0.237 e. The molecule has 1 aliphatic rings. The zero-order chi connectivity index (χ0) is 17.1. The molecular formula is C20H21NO3. The molecule has 2 aromatic rings. The number of ether oxygens (including phenoxy) is 1. The van der Waals surface area contributed by atoms with Crippen LogP contribution in [0.5, 0.6) is 5.75 Å². The van der Waals surface area contributed by atoms with E-state index in [0.717, 1.165) is 11.3 Å². The van der Waals surface area contributed by atoms with Gasteiger partial charge in [0.1, 0.15) is 5.75 Å². The lowest BCUT2D eigenvalue weighted by atomic mass is 9.86. The molecule has 0 aliphatic carbocycles. The van der Waals surface area contributed by atoms with Crippen molar-refractivity contribution in [2.45, 2.75) is 26.2 Å². The molecule has 0 spiro atoms. The van der Waals surface area contributed by atoms with E-state index >= 15 is 0 Å². The largest absolute Gasteiger partial charge is 0.494 e. The maximum absolute atomic E-state index is 12.8. The van der Waals surface area contributed by atoms with E-state index in [0.29, 0.717) is 12.3 Å². The van der Waals surface area contributed by atoms with Gasteiger partial charge in [0.25, 0.3) is 0 Å². The van der Waals surface area contributed by atoms with Crippen molar-refractivity contribution in [2.75, 3.05) is 11.5 Å². The minimum atomic E-state index is -0.313. The SMILES string of the molecule is CCOc1ccc(N2C(=O)C[C@H]([C@H](C)c3ccccc3)C2=O)cc1. The highest BCUT2D eigenvalue weighted by atomic mass is 16.5. The van der Waals surface area contributed by atoms with Crippen LogP contribution in [0.15, 0.2) is 54.6 Å². The van der Waals surface area contributed by atoms with Crippen molar-refractivity contribution in [1.29, 1.82) is 0 Å². The summed E-state index contributed by atoms with van der Waals surface area (Å²) in [6.45, 7) is 4.50. The first-order valence-corrected chi connectivity index (χ1v) is 8.26. The van der Waals surface area contributed by atoms with Gasteiger partial charge in [-0.3, -0.25) is 14.5 Å². The fourth-order valence-corrected chi connectivity index (χ4v) is 3.16. The van der Waals surface area contributed by atoms with Crippen LogP contribution < -0.4 is 9.64 Å². The molecule has 0 unspecified atom stereocenters. The minimum Gasteiger partial charge on any atom is -0.494 e. The maximum atomic E-state index is 12.8. The molecule has 0 saturated carbocycles. The van der Waals surface area contributed by atoms with Gasteiger partial charge in [0.05, 0.1) is 18.2 Å². The van der Waals surface area contributed by atoms with Gasteiger partial charge < -0.3 is 4.74 Å². The van der Waals surface area contributed by atoms with Gasteiger partial charge in [0.2, 0.25) is 11.8 Å². The molecule has 0 radical (unpaired) electrons. The third-order valence-electron chi connectivity index (χ3n) is 4.52. The highest BCUT2D eigenvalue weighted by molar-refractivity contribution is 6.21. The Kier molecular flexibility index (Phi) is 4.65. The predicted molar refractivity (Wildman–Crippen MR) is 93.1 cm³/mol. The summed E-state index contributed by atoms with van der Waals surface area (Å²) in [4.78, 5) is 26.5. The predicted octanol–water partition coefficient (Wildman–Crippen LogP) is 3.77. The van der Waals surface area contributed by atoms with Crippen molar-refractivity contribution < 1.29 is 14.3 Å². The summed E-state index contributed by atoms with van der Waals surface area (Å²) < 4.78 is 5.41. The standard InChI is InChI=1S/C20H21NO3/c1-3-24-17-11-9-16(10-12-17)21-19(22)13-18(20(21)23)14(2)15-7-5-4-6-8-15/h4-12,14,18H,3,13H2,1-2H3/t14-,18-/m1/s1. The van der Waals surface area contributed by atoms with E-state index in [2.05, 4.69) is 0 Å². The highest BCUT2D eigenvalue weighted by Gasteiger charge is 2.42. The van der Waals surface area contributed by atoms with Crippen LogP contribution in [0.1, 0.15) is 31.7 Å². The van der Waals surface area contributed by atoms with E-state index in [1.165, 1.54) is 4.90 Å². The molecule has 2 amide bonds. The van der Waals surface area contributed by atoms with Gasteiger partial charge in [0, 0.05) is 6.42 Å². The molecular weight excluding hydrogens is 302 g/mol. The van der Waals surface area contributed by atoms with Gasteiger partial charge in [-0.2, -0.15) is 0 Å². The zero-order valence-corrected chi connectivity index (χ0v) is 13.9. The molecule has 1 fully saturated rings. The Labute approximate surface area is 142 Å². The second-order valence-electron chi connectivity index (χ2n) is 6.00. The van der Waals surface area contributed by atoms with Crippen molar-refractivity contribution in [1.82, 2.24) is 0 Å². The van der Waals surface area contributed by atoms with Crippen molar-refractivity contribution in [3.05, 3.63) is 60.2 Å². The first-order chi connectivity index (χ1) is 11.6. The monoisotopic (exact) mass is 323 g/mol. The van der Waals surface area contributed by atoms with Crippen LogP contribution in [0, 0.1) is 5.92 Å². The second kappa shape index (κ2) is 6.87. The van der Waals surface area contributed by atoms with Crippen molar-refractivity contribution in [3.8, 4) is 5.75 Å². The summed E-state index contributed by atoms with van der Waals surface area (Å²) in [7, 11) is 0. The summed E-state index contributed by atoms with van der Waals surface area (Å²) in [5.74, 6) is 0.161. The Morgan fingerprint density at radius 1 is 1.08 bits per heavy atom.